The fourth-order valence-electron chi connectivity index (χ4n) is 4.91. The molecule has 1 saturated carbocycles. The molecule has 0 bridgehead atoms. The predicted molar refractivity (Wildman–Crippen MR) is 128 cm³/mol. The van der Waals surface area contributed by atoms with Gasteiger partial charge in [0.05, 0.1) is 6.54 Å². The van der Waals surface area contributed by atoms with Gasteiger partial charge >= 0.3 is 0 Å². The quantitative estimate of drug-likeness (QED) is 0.356. The van der Waals surface area contributed by atoms with Crippen LogP contribution in [0.5, 0.6) is 0 Å². The van der Waals surface area contributed by atoms with E-state index in [0.29, 0.717) is 12.5 Å². The summed E-state index contributed by atoms with van der Waals surface area (Å²) in [5, 5.41) is 15.6. The lowest BCUT2D eigenvalue weighted by molar-refractivity contribution is -0.135. The number of aryl methyl sites for hydroxylation is 1. The zero-order chi connectivity index (χ0) is 20.1. The number of nitrogens with one attached hydrogen (secondary N) is 2. The molecule has 1 aliphatic carbocycles. The Hall–Kier alpha value is -1.39. The van der Waals surface area contributed by atoms with Crippen molar-refractivity contribution < 1.29 is 4.79 Å². The van der Waals surface area contributed by atoms with Gasteiger partial charge in [0, 0.05) is 45.1 Å². The minimum atomic E-state index is 0. The molecule has 1 aromatic rings. The Morgan fingerprint density at radius 3 is 2.67 bits per heavy atom. The zero-order valence-electron chi connectivity index (χ0n) is 18.1. The van der Waals surface area contributed by atoms with Gasteiger partial charge in [-0.25, -0.2) is 0 Å². The molecule has 2 aliphatic heterocycles. The van der Waals surface area contributed by atoms with Crippen LogP contribution < -0.4 is 10.6 Å². The molecular weight excluding hydrogens is 493 g/mol. The third-order valence-electron chi connectivity index (χ3n) is 6.62. The topological polar surface area (TPSA) is 87.4 Å². The van der Waals surface area contributed by atoms with Crippen molar-refractivity contribution in [3.05, 3.63) is 11.6 Å². The summed E-state index contributed by atoms with van der Waals surface area (Å²) in [5.74, 6) is 3.47. The van der Waals surface area contributed by atoms with E-state index in [1.807, 2.05) is 0 Å². The van der Waals surface area contributed by atoms with E-state index in [9.17, 15) is 4.79 Å². The van der Waals surface area contributed by atoms with E-state index in [1.54, 1.807) is 7.05 Å². The number of rotatable bonds is 4. The third-order valence-corrected chi connectivity index (χ3v) is 6.62. The Morgan fingerprint density at radius 2 is 1.87 bits per heavy atom. The van der Waals surface area contributed by atoms with Gasteiger partial charge in [0.2, 0.25) is 5.91 Å². The van der Waals surface area contributed by atoms with E-state index in [0.717, 1.165) is 62.9 Å². The maximum Gasteiger partial charge on any atom is 0.225 e. The largest absolute Gasteiger partial charge is 0.352 e. The lowest BCUT2D eigenvalue weighted by atomic mass is 9.88. The summed E-state index contributed by atoms with van der Waals surface area (Å²) in [6, 6.07) is 0.254. The van der Waals surface area contributed by atoms with Gasteiger partial charge in [0.15, 0.2) is 11.8 Å². The first-order chi connectivity index (χ1) is 14.2. The van der Waals surface area contributed by atoms with Crippen molar-refractivity contribution in [3.63, 3.8) is 0 Å². The average molecular weight is 529 g/mol. The number of aliphatic imine (C=N–C) groups is 1. The van der Waals surface area contributed by atoms with Crippen LogP contribution in [0.2, 0.25) is 0 Å². The highest BCUT2D eigenvalue weighted by molar-refractivity contribution is 14.0. The van der Waals surface area contributed by atoms with Crippen LogP contribution in [-0.4, -0.2) is 57.7 Å². The van der Waals surface area contributed by atoms with Crippen molar-refractivity contribution in [2.75, 3.05) is 20.1 Å². The molecule has 1 amide bonds. The van der Waals surface area contributed by atoms with E-state index >= 15 is 0 Å². The summed E-state index contributed by atoms with van der Waals surface area (Å²) >= 11 is 0. The molecule has 1 saturated heterocycles. The summed E-state index contributed by atoms with van der Waals surface area (Å²) in [4.78, 5) is 19.2. The number of aromatic nitrogens is 3. The van der Waals surface area contributed by atoms with Gasteiger partial charge in [-0.3, -0.25) is 9.79 Å². The molecule has 4 rings (SSSR count). The average Bonchev–Trinajstić information content (AvgIpc) is 3.31. The first-order valence-electron chi connectivity index (χ1n) is 11.4. The molecule has 1 aromatic heterocycles. The molecule has 1 unspecified atom stereocenters. The van der Waals surface area contributed by atoms with Crippen molar-refractivity contribution >= 4 is 35.8 Å². The summed E-state index contributed by atoms with van der Waals surface area (Å²) < 4.78 is 2.26. The molecule has 0 aromatic carbocycles. The molecule has 2 N–H and O–H groups in total. The van der Waals surface area contributed by atoms with Gasteiger partial charge in [-0.2, -0.15) is 0 Å². The van der Waals surface area contributed by atoms with E-state index in [-0.39, 0.29) is 35.9 Å². The standard InChI is InChI=1S/C21H35N7O.HI/c1-22-21(23-14-19-26-25-18-10-6-3-7-12-28(18)19)24-17-11-13-27(15-17)20(29)16-8-4-2-5-9-16;/h16-17H,2-15H2,1H3,(H2,22,23,24);1H. The second-order valence-corrected chi connectivity index (χ2v) is 8.67. The number of nitrogens with zero attached hydrogens (tertiary/aromatic N) is 5. The van der Waals surface area contributed by atoms with Crippen LogP contribution in [0.3, 0.4) is 0 Å². The normalized spacial score (nSPS) is 22.8. The van der Waals surface area contributed by atoms with Crippen LogP contribution in [-0.2, 0) is 24.3 Å². The number of fused-ring (bicyclic) bond motifs is 1. The van der Waals surface area contributed by atoms with Crippen LogP contribution >= 0.6 is 24.0 Å². The van der Waals surface area contributed by atoms with Crippen LogP contribution in [0.1, 0.15) is 69.4 Å². The fourth-order valence-corrected chi connectivity index (χ4v) is 4.91. The first-order valence-corrected chi connectivity index (χ1v) is 11.4. The fraction of sp³-hybridized carbons (Fsp3) is 0.810. The second-order valence-electron chi connectivity index (χ2n) is 8.67. The molecule has 30 heavy (non-hydrogen) atoms. The highest BCUT2D eigenvalue weighted by Gasteiger charge is 2.31. The van der Waals surface area contributed by atoms with Gasteiger partial charge in [-0.15, -0.1) is 34.2 Å². The SMILES string of the molecule is CN=C(NCc1nnc2n1CCCCC2)NC1CCN(C(=O)C2CCCCC2)C1.I. The minimum Gasteiger partial charge on any atom is -0.352 e. The van der Waals surface area contributed by atoms with Crippen LogP contribution in [0.25, 0.3) is 0 Å². The Bertz CT molecular complexity index is 729. The minimum absolute atomic E-state index is 0. The Morgan fingerprint density at radius 1 is 1.07 bits per heavy atom. The molecule has 9 heteroatoms. The molecular formula is C21H36IN7O. The molecule has 0 spiro atoms. The number of guanidine groups is 1. The second kappa shape index (κ2) is 11.3. The monoisotopic (exact) mass is 529 g/mol. The van der Waals surface area contributed by atoms with Gasteiger partial charge < -0.3 is 20.1 Å². The van der Waals surface area contributed by atoms with E-state index < -0.39 is 0 Å². The first kappa shape index (κ1) is 23.3. The number of halogens is 1. The van der Waals surface area contributed by atoms with Gasteiger partial charge in [0.1, 0.15) is 5.82 Å². The lowest BCUT2D eigenvalue weighted by Crippen LogP contribution is -2.45. The van der Waals surface area contributed by atoms with Crippen molar-refractivity contribution in [1.82, 2.24) is 30.3 Å². The van der Waals surface area contributed by atoms with Crippen molar-refractivity contribution in [2.24, 2.45) is 10.9 Å². The maximum atomic E-state index is 12.8. The molecule has 2 fully saturated rings. The van der Waals surface area contributed by atoms with Crippen LogP contribution in [0.4, 0.5) is 0 Å². The van der Waals surface area contributed by atoms with E-state index in [4.69, 9.17) is 0 Å². The summed E-state index contributed by atoms with van der Waals surface area (Å²) in [6.07, 6.45) is 11.5. The highest BCUT2D eigenvalue weighted by atomic mass is 127. The van der Waals surface area contributed by atoms with E-state index in [2.05, 4.69) is 35.3 Å². The number of likely N-dealkylation sites (tertiary alicyclic amines) is 1. The molecule has 3 aliphatic rings. The Kier molecular flexibility index (Phi) is 8.76. The molecule has 0 radical (unpaired) electrons. The van der Waals surface area contributed by atoms with Gasteiger partial charge in [0.25, 0.3) is 0 Å². The summed E-state index contributed by atoms with van der Waals surface area (Å²) in [7, 11) is 1.79. The molecule has 3 heterocycles. The third kappa shape index (κ3) is 5.64. The van der Waals surface area contributed by atoms with Gasteiger partial charge in [-0.05, 0) is 32.1 Å². The predicted octanol–water partition coefficient (Wildman–Crippen LogP) is 2.47. The van der Waals surface area contributed by atoms with Crippen LogP contribution in [0.15, 0.2) is 4.99 Å². The maximum absolute atomic E-state index is 12.8. The lowest BCUT2D eigenvalue weighted by Gasteiger charge is -2.26. The Balaban J connectivity index is 0.00000256. The van der Waals surface area contributed by atoms with Crippen molar-refractivity contribution in [2.45, 2.75) is 83.3 Å². The van der Waals surface area contributed by atoms with Crippen molar-refractivity contribution in [3.8, 4) is 0 Å². The molecule has 8 nitrogen and oxygen atoms in total. The van der Waals surface area contributed by atoms with Crippen LogP contribution in [0, 0.1) is 5.92 Å². The summed E-state index contributed by atoms with van der Waals surface area (Å²) in [6.45, 7) is 3.24. The number of amides is 1. The number of carbonyl (C=O) groups is 1. The number of hydrogen-bond donors (Lipinski definition) is 2. The molecule has 168 valence electrons. The molecule has 1 atom stereocenters. The Labute approximate surface area is 196 Å². The summed E-state index contributed by atoms with van der Waals surface area (Å²) in [5.41, 5.74) is 0. The van der Waals surface area contributed by atoms with E-state index in [1.165, 1.54) is 38.5 Å². The number of carbonyl (C=O) groups excluding carboxylic acids is 1. The highest BCUT2D eigenvalue weighted by Crippen LogP contribution is 2.26. The van der Waals surface area contributed by atoms with Gasteiger partial charge in [-0.1, -0.05) is 25.7 Å². The zero-order valence-corrected chi connectivity index (χ0v) is 20.4. The number of hydrogen-bond acceptors (Lipinski definition) is 4. The smallest absolute Gasteiger partial charge is 0.225 e. The van der Waals surface area contributed by atoms with Crippen molar-refractivity contribution in [1.29, 1.82) is 0 Å².